The van der Waals surface area contributed by atoms with Gasteiger partial charge in [-0.05, 0) is 37.6 Å². The third-order valence-corrected chi connectivity index (χ3v) is 4.23. The Morgan fingerprint density at radius 3 is 2.60 bits per heavy atom. The van der Waals surface area contributed by atoms with Crippen LogP contribution in [0.5, 0.6) is 0 Å². The molecule has 0 saturated heterocycles. The normalized spacial score (nSPS) is 10.9. The number of nitrogens with zero attached hydrogens (tertiary/aromatic N) is 1. The van der Waals surface area contributed by atoms with Crippen molar-refractivity contribution < 1.29 is 14.7 Å². The number of carbonyl (C=O) groups excluding carboxylic acids is 1. The largest absolute Gasteiger partial charge is 0.465 e. The maximum Gasteiger partial charge on any atom is 0.404 e. The van der Waals surface area contributed by atoms with Crippen LogP contribution in [0.3, 0.4) is 0 Å². The molecule has 0 radical (unpaired) electrons. The predicted octanol–water partition coefficient (Wildman–Crippen LogP) is 3.80. The summed E-state index contributed by atoms with van der Waals surface area (Å²) in [6, 6.07) is 14.2. The highest BCUT2D eigenvalue weighted by molar-refractivity contribution is 6.09. The van der Waals surface area contributed by atoms with Gasteiger partial charge in [0.2, 0.25) is 5.91 Å². The Morgan fingerprint density at radius 2 is 1.84 bits per heavy atom. The fraction of sp³-hybridized carbons (Fsp3) is 0.263. The summed E-state index contributed by atoms with van der Waals surface area (Å²) in [4.78, 5) is 22.4. The fourth-order valence-corrected chi connectivity index (χ4v) is 3.14. The summed E-state index contributed by atoms with van der Waals surface area (Å²) in [6.07, 6.45) is -0.331. The number of aryl methyl sites for hydroxylation is 1. The third kappa shape index (κ3) is 3.57. The summed E-state index contributed by atoms with van der Waals surface area (Å²) in [6.45, 7) is 3.27. The molecule has 0 atom stereocenters. The van der Waals surface area contributed by atoms with E-state index in [2.05, 4.69) is 34.3 Å². The number of anilines is 1. The average molecular weight is 339 g/mol. The maximum absolute atomic E-state index is 12.0. The first-order chi connectivity index (χ1) is 12.1. The zero-order valence-corrected chi connectivity index (χ0v) is 14.1. The van der Waals surface area contributed by atoms with E-state index >= 15 is 0 Å². The van der Waals surface area contributed by atoms with Gasteiger partial charge < -0.3 is 20.3 Å². The first kappa shape index (κ1) is 16.8. The Kier molecular flexibility index (Phi) is 4.88. The van der Waals surface area contributed by atoms with Gasteiger partial charge >= 0.3 is 6.09 Å². The van der Waals surface area contributed by atoms with Crippen LogP contribution < -0.4 is 10.6 Å². The molecular weight excluding hydrogens is 318 g/mol. The minimum atomic E-state index is -1.07. The Hall–Kier alpha value is -3.02. The molecule has 0 spiro atoms. The van der Waals surface area contributed by atoms with E-state index in [4.69, 9.17) is 5.11 Å². The highest BCUT2D eigenvalue weighted by atomic mass is 16.4. The van der Waals surface area contributed by atoms with Crippen LogP contribution in [0.25, 0.3) is 21.8 Å². The lowest BCUT2D eigenvalue weighted by atomic mass is 10.1. The van der Waals surface area contributed by atoms with Gasteiger partial charge in [-0.15, -0.1) is 0 Å². The number of carboxylic acid groups (broad SMARTS) is 1. The smallest absolute Gasteiger partial charge is 0.404 e. The van der Waals surface area contributed by atoms with E-state index in [1.807, 2.05) is 30.3 Å². The molecule has 25 heavy (non-hydrogen) atoms. The molecule has 130 valence electrons. The van der Waals surface area contributed by atoms with Gasteiger partial charge in [-0.25, -0.2) is 4.79 Å². The SMILES string of the molecule is CCn1c2ccccc2c2cc(NC(=O)CCCNC(=O)O)ccc21. The van der Waals surface area contributed by atoms with Gasteiger partial charge in [0, 0.05) is 47.0 Å². The lowest BCUT2D eigenvalue weighted by Crippen LogP contribution is -2.23. The van der Waals surface area contributed by atoms with Crippen molar-refractivity contribution in [1.29, 1.82) is 0 Å². The summed E-state index contributed by atoms with van der Waals surface area (Å²) in [5.41, 5.74) is 3.08. The summed E-state index contributed by atoms with van der Waals surface area (Å²) < 4.78 is 2.26. The molecule has 1 aromatic heterocycles. The van der Waals surface area contributed by atoms with E-state index < -0.39 is 6.09 Å². The number of fused-ring (bicyclic) bond motifs is 3. The standard InChI is InChI=1S/C19H21N3O3/c1-2-22-16-7-4-3-6-14(16)15-12-13(9-10-17(15)22)21-18(23)8-5-11-20-19(24)25/h3-4,6-7,9-10,12,20H,2,5,8,11H2,1H3,(H,21,23)(H,24,25). The molecule has 0 bridgehead atoms. The van der Waals surface area contributed by atoms with Crippen LogP contribution in [0.1, 0.15) is 19.8 Å². The summed E-state index contributed by atoms with van der Waals surface area (Å²) in [5, 5.41) is 15.9. The molecule has 2 amide bonds. The maximum atomic E-state index is 12.0. The average Bonchev–Trinajstić information content (AvgIpc) is 2.92. The molecule has 0 saturated carbocycles. The van der Waals surface area contributed by atoms with E-state index in [1.165, 1.54) is 10.9 Å². The van der Waals surface area contributed by atoms with Gasteiger partial charge in [-0.1, -0.05) is 18.2 Å². The zero-order chi connectivity index (χ0) is 17.8. The first-order valence-corrected chi connectivity index (χ1v) is 8.37. The second-order valence-corrected chi connectivity index (χ2v) is 5.88. The van der Waals surface area contributed by atoms with Crippen molar-refractivity contribution in [2.45, 2.75) is 26.3 Å². The number of amides is 2. The minimum Gasteiger partial charge on any atom is -0.465 e. The van der Waals surface area contributed by atoms with Crippen LogP contribution in [0.2, 0.25) is 0 Å². The van der Waals surface area contributed by atoms with E-state index in [0.717, 1.165) is 23.1 Å². The van der Waals surface area contributed by atoms with Gasteiger partial charge in [0.25, 0.3) is 0 Å². The Balaban J connectivity index is 1.78. The molecule has 3 aromatic rings. The second kappa shape index (κ2) is 7.25. The Morgan fingerprint density at radius 1 is 1.08 bits per heavy atom. The third-order valence-electron chi connectivity index (χ3n) is 4.23. The van der Waals surface area contributed by atoms with Crippen molar-refractivity contribution in [2.24, 2.45) is 0 Å². The van der Waals surface area contributed by atoms with Crippen molar-refractivity contribution >= 4 is 39.5 Å². The van der Waals surface area contributed by atoms with Crippen molar-refractivity contribution in [2.75, 3.05) is 11.9 Å². The molecule has 0 aliphatic rings. The zero-order valence-electron chi connectivity index (χ0n) is 14.1. The lowest BCUT2D eigenvalue weighted by molar-refractivity contribution is -0.116. The fourth-order valence-electron chi connectivity index (χ4n) is 3.14. The summed E-state index contributed by atoms with van der Waals surface area (Å²) >= 11 is 0. The number of rotatable bonds is 6. The van der Waals surface area contributed by atoms with Gasteiger partial charge in [0.15, 0.2) is 0 Å². The molecule has 0 aliphatic heterocycles. The van der Waals surface area contributed by atoms with Crippen LogP contribution in [0.15, 0.2) is 42.5 Å². The van der Waals surface area contributed by atoms with Crippen LogP contribution >= 0.6 is 0 Å². The molecule has 6 heteroatoms. The van der Waals surface area contributed by atoms with Crippen molar-refractivity contribution in [3.63, 3.8) is 0 Å². The highest BCUT2D eigenvalue weighted by Crippen LogP contribution is 2.30. The monoisotopic (exact) mass is 339 g/mol. The van der Waals surface area contributed by atoms with E-state index in [1.54, 1.807) is 0 Å². The van der Waals surface area contributed by atoms with Crippen molar-refractivity contribution in [3.05, 3.63) is 42.5 Å². The van der Waals surface area contributed by atoms with Gasteiger partial charge in [0.1, 0.15) is 0 Å². The van der Waals surface area contributed by atoms with Crippen LogP contribution in [0.4, 0.5) is 10.5 Å². The Labute approximate surface area is 145 Å². The highest BCUT2D eigenvalue weighted by Gasteiger charge is 2.10. The molecular formula is C19H21N3O3. The molecule has 1 heterocycles. The van der Waals surface area contributed by atoms with Gasteiger partial charge in [-0.2, -0.15) is 0 Å². The predicted molar refractivity (Wildman–Crippen MR) is 99.0 cm³/mol. The number of benzene rings is 2. The molecule has 0 aliphatic carbocycles. The van der Waals surface area contributed by atoms with Crippen molar-refractivity contribution in [3.8, 4) is 0 Å². The number of para-hydroxylation sites is 1. The topological polar surface area (TPSA) is 83.4 Å². The number of hydrogen-bond donors (Lipinski definition) is 3. The summed E-state index contributed by atoms with van der Waals surface area (Å²) in [7, 11) is 0. The molecule has 3 N–H and O–H groups in total. The number of hydrogen-bond acceptors (Lipinski definition) is 2. The number of carbonyl (C=O) groups is 2. The van der Waals surface area contributed by atoms with E-state index in [-0.39, 0.29) is 18.9 Å². The quantitative estimate of drug-likeness (QED) is 0.597. The number of aromatic nitrogens is 1. The Bertz CT molecular complexity index is 930. The van der Waals surface area contributed by atoms with Gasteiger partial charge in [0.05, 0.1) is 0 Å². The molecule has 0 unspecified atom stereocenters. The van der Waals surface area contributed by atoms with Crippen LogP contribution in [-0.4, -0.2) is 28.2 Å². The number of nitrogens with one attached hydrogen (secondary N) is 2. The minimum absolute atomic E-state index is 0.120. The first-order valence-electron chi connectivity index (χ1n) is 8.37. The molecule has 0 fully saturated rings. The van der Waals surface area contributed by atoms with Crippen molar-refractivity contribution in [1.82, 2.24) is 9.88 Å². The summed E-state index contributed by atoms with van der Waals surface area (Å²) in [5.74, 6) is -0.120. The van der Waals surface area contributed by atoms with Crippen LogP contribution in [-0.2, 0) is 11.3 Å². The van der Waals surface area contributed by atoms with E-state index in [0.29, 0.717) is 6.42 Å². The lowest BCUT2D eigenvalue weighted by Gasteiger charge is -2.07. The second-order valence-electron chi connectivity index (χ2n) is 5.88. The van der Waals surface area contributed by atoms with Gasteiger partial charge in [-0.3, -0.25) is 4.79 Å². The van der Waals surface area contributed by atoms with E-state index in [9.17, 15) is 9.59 Å². The van der Waals surface area contributed by atoms with Crippen LogP contribution in [0, 0.1) is 0 Å². The molecule has 3 rings (SSSR count). The molecule has 6 nitrogen and oxygen atoms in total. The molecule has 2 aromatic carbocycles.